The first-order chi connectivity index (χ1) is 4.68. The third-order valence-electron chi connectivity index (χ3n) is 0.523. The van der Waals surface area contributed by atoms with Crippen LogP contribution in [0.2, 0.25) is 0 Å². The van der Waals surface area contributed by atoms with Crippen molar-refractivity contribution < 1.29 is 9.53 Å². The highest BCUT2D eigenvalue weighted by Gasteiger charge is 1.66. The molecule has 0 aromatic carbocycles. The van der Waals surface area contributed by atoms with Crippen LogP contribution >= 0.6 is 0 Å². The number of nitrogens with two attached hydrogens (primary N) is 1. The summed E-state index contributed by atoms with van der Waals surface area (Å²) < 4.78 is 4.57. The van der Waals surface area contributed by atoms with E-state index in [0.717, 1.165) is 6.29 Å². The Kier molecular flexibility index (Phi) is 13.5. The van der Waals surface area contributed by atoms with Crippen LogP contribution in [0.4, 0.5) is 0 Å². The number of allylic oxidation sites excluding steroid dienone is 1. The van der Waals surface area contributed by atoms with E-state index < -0.39 is 0 Å². The first kappa shape index (κ1) is 12.0. The van der Waals surface area contributed by atoms with Crippen molar-refractivity contribution in [2.75, 3.05) is 20.3 Å². The van der Waals surface area contributed by atoms with Gasteiger partial charge in [0.1, 0.15) is 6.29 Å². The smallest absolute Gasteiger partial charge is 0.145 e. The van der Waals surface area contributed by atoms with E-state index >= 15 is 0 Å². The summed E-state index contributed by atoms with van der Waals surface area (Å²) >= 11 is 0. The predicted molar refractivity (Wildman–Crippen MR) is 41.8 cm³/mol. The summed E-state index contributed by atoms with van der Waals surface area (Å²) in [4.78, 5) is 9.41. The molecular weight excluding hydrogens is 130 g/mol. The summed E-state index contributed by atoms with van der Waals surface area (Å²) in [5.41, 5.74) is 5.59. The fourth-order valence-corrected chi connectivity index (χ4v) is 0.118. The zero-order valence-corrected chi connectivity index (χ0v) is 6.59. The Hall–Kier alpha value is -0.670. The van der Waals surface area contributed by atoms with Crippen LogP contribution in [0.1, 0.15) is 6.92 Å². The van der Waals surface area contributed by atoms with Crippen LogP contribution in [0, 0.1) is 0 Å². The van der Waals surface area contributed by atoms with E-state index in [4.69, 9.17) is 5.73 Å². The van der Waals surface area contributed by atoms with Gasteiger partial charge in [0.05, 0.1) is 6.61 Å². The number of rotatable bonds is 3. The summed E-state index contributed by atoms with van der Waals surface area (Å²) in [6, 6.07) is 0. The molecule has 3 heteroatoms. The fraction of sp³-hybridized carbons (Fsp3) is 0.571. The van der Waals surface area contributed by atoms with Gasteiger partial charge in [-0.25, -0.2) is 0 Å². The zero-order valence-electron chi connectivity index (χ0n) is 6.59. The fourth-order valence-electron chi connectivity index (χ4n) is 0.118. The summed E-state index contributed by atoms with van der Waals surface area (Å²) in [5.74, 6) is 0. The van der Waals surface area contributed by atoms with Gasteiger partial charge in [0.2, 0.25) is 0 Å². The Morgan fingerprint density at radius 1 is 1.80 bits per heavy atom. The Morgan fingerprint density at radius 2 is 2.20 bits per heavy atom. The van der Waals surface area contributed by atoms with Crippen molar-refractivity contribution in [3.05, 3.63) is 12.2 Å². The average molecular weight is 145 g/mol. The zero-order chi connectivity index (χ0) is 8.41. The van der Waals surface area contributed by atoms with Crippen LogP contribution in [0.5, 0.6) is 0 Å². The minimum absolute atomic E-state index is 0.574. The van der Waals surface area contributed by atoms with Gasteiger partial charge in [-0.3, -0.25) is 4.79 Å². The van der Waals surface area contributed by atoms with Gasteiger partial charge in [0.25, 0.3) is 0 Å². The van der Waals surface area contributed by atoms with Crippen LogP contribution in [0.15, 0.2) is 12.2 Å². The lowest BCUT2D eigenvalue weighted by molar-refractivity contribution is -0.104. The first-order valence-electron chi connectivity index (χ1n) is 2.98. The number of hydrogen-bond acceptors (Lipinski definition) is 3. The number of carbonyl (C=O) groups is 1. The van der Waals surface area contributed by atoms with Gasteiger partial charge in [-0.15, -0.1) is 0 Å². The largest absolute Gasteiger partial charge is 0.383 e. The maximum absolute atomic E-state index is 9.41. The highest BCUT2D eigenvalue weighted by Crippen LogP contribution is 1.70. The van der Waals surface area contributed by atoms with Crippen LogP contribution in [-0.2, 0) is 9.53 Å². The summed E-state index contributed by atoms with van der Waals surface area (Å²) in [6.07, 6.45) is 0.722. The van der Waals surface area contributed by atoms with Gasteiger partial charge < -0.3 is 10.5 Å². The molecule has 0 aromatic heterocycles. The lowest BCUT2D eigenvalue weighted by atomic mass is 10.4. The second-order valence-corrected chi connectivity index (χ2v) is 1.75. The lowest BCUT2D eigenvalue weighted by Crippen LogP contribution is -2.05. The molecular formula is C7H15NO2. The summed E-state index contributed by atoms with van der Waals surface area (Å²) in [7, 11) is 1.63. The van der Waals surface area contributed by atoms with Gasteiger partial charge in [0, 0.05) is 13.7 Å². The van der Waals surface area contributed by atoms with Gasteiger partial charge in [-0.05, 0) is 12.5 Å². The maximum atomic E-state index is 9.41. The molecule has 0 spiro atoms. The molecule has 10 heavy (non-hydrogen) atoms. The number of ether oxygens (including phenoxy) is 1. The van der Waals surface area contributed by atoms with Crippen molar-refractivity contribution in [2.24, 2.45) is 5.73 Å². The minimum Gasteiger partial charge on any atom is -0.383 e. The molecule has 0 fully saturated rings. The van der Waals surface area contributed by atoms with Gasteiger partial charge in [-0.2, -0.15) is 0 Å². The molecule has 0 unspecified atom stereocenters. The van der Waals surface area contributed by atoms with E-state index in [1.54, 1.807) is 14.0 Å². The van der Waals surface area contributed by atoms with Gasteiger partial charge >= 0.3 is 0 Å². The lowest BCUT2D eigenvalue weighted by Gasteiger charge is -1.85. The molecule has 0 atom stereocenters. The Bertz CT molecular complexity index is 89.6. The van der Waals surface area contributed by atoms with E-state index in [0.29, 0.717) is 18.7 Å². The minimum atomic E-state index is 0.574. The highest BCUT2D eigenvalue weighted by molar-refractivity contribution is 5.70. The first-order valence-corrected chi connectivity index (χ1v) is 2.98. The highest BCUT2D eigenvalue weighted by atomic mass is 16.5. The van der Waals surface area contributed by atoms with Crippen LogP contribution in [-0.4, -0.2) is 26.5 Å². The SMILES string of the molecule is C=C(C)C=O.COCCN. The van der Waals surface area contributed by atoms with Crippen LogP contribution in [0.25, 0.3) is 0 Å². The molecule has 0 aliphatic carbocycles. The summed E-state index contributed by atoms with van der Waals surface area (Å²) in [5, 5.41) is 0. The molecule has 2 N–H and O–H groups in total. The molecule has 60 valence electrons. The molecule has 0 bridgehead atoms. The Morgan fingerprint density at radius 3 is 2.20 bits per heavy atom. The number of aldehydes is 1. The predicted octanol–water partition coefficient (Wildman–Crippen LogP) is 0.353. The third kappa shape index (κ3) is 26.5. The molecule has 3 nitrogen and oxygen atoms in total. The topological polar surface area (TPSA) is 52.3 Å². The molecule has 0 saturated carbocycles. The van der Waals surface area contributed by atoms with E-state index in [1.165, 1.54) is 0 Å². The van der Waals surface area contributed by atoms with Crippen molar-refractivity contribution in [3.8, 4) is 0 Å². The van der Waals surface area contributed by atoms with E-state index in [-0.39, 0.29) is 0 Å². The molecule has 0 aromatic rings. The van der Waals surface area contributed by atoms with Gasteiger partial charge in [-0.1, -0.05) is 6.58 Å². The van der Waals surface area contributed by atoms with Crippen molar-refractivity contribution in [1.29, 1.82) is 0 Å². The number of carbonyl (C=O) groups excluding carboxylic acids is 1. The molecule has 0 rings (SSSR count). The van der Waals surface area contributed by atoms with Crippen molar-refractivity contribution in [1.82, 2.24) is 0 Å². The second kappa shape index (κ2) is 11.2. The quantitative estimate of drug-likeness (QED) is 0.460. The third-order valence-corrected chi connectivity index (χ3v) is 0.523. The number of methoxy groups -OCH3 is 1. The Labute approximate surface area is 61.9 Å². The molecule has 0 radical (unpaired) electrons. The molecule has 0 aliphatic rings. The van der Waals surface area contributed by atoms with Crippen LogP contribution < -0.4 is 5.73 Å². The monoisotopic (exact) mass is 145 g/mol. The van der Waals surface area contributed by atoms with E-state index in [1.807, 2.05) is 0 Å². The van der Waals surface area contributed by atoms with Crippen molar-refractivity contribution >= 4 is 6.29 Å². The second-order valence-electron chi connectivity index (χ2n) is 1.75. The standard InChI is InChI=1S/C4H6O.C3H9NO/c1-4(2)3-5;1-5-3-2-4/h3H,1H2,2H3;2-4H2,1H3. The average Bonchev–Trinajstić information content (AvgIpc) is 1.91. The molecule has 0 saturated heterocycles. The van der Waals surface area contributed by atoms with E-state index in [2.05, 4.69) is 11.3 Å². The van der Waals surface area contributed by atoms with E-state index in [9.17, 15) is 4.79 Å². The molecule has 0 aliphatic heterocycles. The van der Waals surface area contributed by atoms with Crippen molar-refractivity contribution in [2.45, 2.75) is 6.92 Å². The normalized spacial score (nSPS) is 7.50. The molecule has 0 heterocycles. The van der Waals surface area contributed by atoms with Gasteiger partial charge in [0.15, 0.2) is 0 Å². The van der Waals surface area contributed by atoms with Crippen molar-refractivity contribution in [3.63, 3.8) is 0 Å². The Balaban J connectivity index is 0. The number of hydrogen-bond donors (Lipinski definition) is 1. The van der Waals surface area contributed by atoms with Crippen LogP contribution in [0.3, 0.4) is 0 Å². The summed E-state index contributed by atoms with van der Waals surface area (Å²) in [6.45, 7) is 6.25. The molecule has 0 amide bonds. The maximum Gasteiger partial charge on any atom is 0.145 e.